The van der Waals surface area contributed by atoms with Crippen LogP contribution in [0.5, 0.6) is 5.75 Å². The van der Waals surface area contributed by atoms with Crippen LogP contribution in [-0.4, -0.2) is 109 Å². The summed E-state index contributed by atoms with van der Waals surface area (Å²) in [5.74, 6) is 2.48. The van der Waals surface area contributed by atoms with Gasteiger partial charge < -0.3 is 48.8 Å². The number of benzene rings is 1. The first-order chi connectivity index (χ1) is 27.7. The quantitative estimate of drug-likeness (QED) is 0.0818. The summed E-state index contributed by atoms with van der Waals surface area (Å²) in [6, 6.07) is 6.33. The maximum absolute atomic E-state index is 13.2. The van der Waals surface area contributed by atoms with Gasteiger partial charge >= 0.3 is 5.97 Å². The maximum atomic E-state index is 13.2. The highest BCUT2D eigenvalue weighted by Gasteiger charge is 2.62. The largest absolute Gasteiger partial charge is 0.497 e. The summed E-state index contributed by atoms with van der Waals surface area (Å²) in [5, 5.41) is 46.8. The summed E-state index contributed by atoms with van der Waals surface area (Å²) in [6.07, 6.45) is 4.58. The molecular formula is C45H68N2O11. The molecule has 3 saturated carbocycles. The molecule has 5 fully saturated rings. The molecular weight excluding hydrogens is 744 g/mol. The molecule has 1 aromatic carbocycles. The summed E-state index contributed by atoms with van der Waals surface area (Å²) in [4.78, 5) is 13.2. The Labute approximate surface area is 343 Å². The second-order valence-electron chi connectivity index (χ2n) is 19.1. The molecule has 15 unspecified atom stereocenters. The van der Waals surface area contributed by atoms with Crippen molar-refractivity contribution in [2.45, 2.75) is 154 Å². The minimum atomic E-state index is -1.48. The van der Waals surface area contributed by atoms with Gasteiger partial charge in [0.15, 0.2) is 18.7 Å². The van der Waals surface area contributed by atoms with Crippen molar-refractivity contribution in [3.05, 3.63) is 41.5 Å². The molecule has 13 nitrogen and oxygen atoms in total. The fourth-order valence-electron chi connectivity index (χ4n) is 12.3. The molecule has 5 N–H and O–H groups in total. The smallest absolute Gasteiger partial charge is 0.338 e. The third-order valence-electron chi connectivity index (χ3n) is 15.5. The zero-order valence-electron chi connectivity index (χ0n) is 35.0. The van der Waals surface area contributed by atoms with Crippen LogP contribution in [0.15, 0.2) is 41.0 Å². The normalized spacial score (nSPS) is 42.2. The van der Waals surface area contributed by atoms with Gasteiger partial charge in [-0.15, -0.1) is 0 Å². The van der Waals surface area contributed by atoms with E-state index in [-0.39, 0.29) is 54.2 Å². The van der Waals surface area contributed by atoms with Crippen molar-refractivity contribution in [2.24, 2.45) is 51.5 Å². The number of fused-ring (bicyclic) bond motifs is 5. The average Bonchev–Trinajstić information content (AvgIpc) is 3.50. The second kappa shape index (κ2) is 18.2. The summed E-state index contributed by atoms with van der Waals surface area (Å²) >= 11 is 0. The molecule has 58 heavy (non-hydrogen) atoms. The number of rotatable bonds is 14. The molecule has 13 heteroatoms. The zero-order chi connectivity index (χ0) is 41.4. The van der Waals surface area contributed by atoms with Gasteiger partial charge in [-0.2, -0.15) is 5.11 Å². The molecule has 4 aliphatic carbocycles. The number of nitrogens with one attached hydrogen (secondary N) is 1. The molecule has 6 aliphatic rings. The van der Waals surface area contributed by atoms with Gasteiger partial charge in [0.05, 0.1) is 50.7 Å². The lowest BCUT2D eigenvalue weighted by Crippen LogP contribution is -2.58. The number of carbonyl (C=O) groups is 1. The fourth-order valence-corrected chi connectivity index (χ4v) is 12.3. The number of aliphatic hydroxyl groups excluding tert-OH is 4. The third kappa shape index (κ3) is 8.80. The number of hydrogen-bond donors (Lipinski definition) is 5. The number of allylic oxidation sites excluding steroid dienone is 1. The molecule has 0 bridgehead atoms. The molecule has 0 radical (unpaired) electrons. The van der Waals surface area contributed by atoms with Crippen molar-refractivity contribution in [1.82, 2.24) is 0 Å². The van der Waals surface area contributed by atoms with Gasteiger partial charge in [0.2, 0.25) is 0 Å². The topological polar surface area (TPSA) is 190 Å². The lowest BCUT2D eigenvalue weighted by molar-refractivity contribution is -0.313. The van der Waals surface area contributed by atoms with Crippen molar-refractivity contribution in [3.8, 4) is 5.75 Å². The predicted octanol–water partition coefficient (Wildman–Crippen LogP) is 6.20. The molecule has 0 aromatic heterocycles. The Morgan fingerprint density at radius 2 is 1.71 bits per heavy atom. The van der Waals surface area contributed by atoms with E-state index in [1.54, 1.807) is 24.3 Å². The van der Waals surface area contributed by atoms with Gasteiger partial charge in [0, 0.05) is 6.42 Å². The molecule has 2 heterocycles. The van der Waals surface area contributed by atoms with E-state index in [0.717, 1.165) is 57.8 Å². The van der Waals surface area contributed by atoms with Crippen LogP contribution in [0.1, 0.15) is 109 Å². The highest BCUT2D eigenvalue weighted by atomic mass is 16.7. The number of carbonyl (C=O) groups excluding carboxylic acids is 1. The fraction of sp³-hybridized carbons (Fsp3) is 0.800. The maximum Gasteiger partial charge on any atom is 0.338 e. The Bertz CT molecular complexity index is 1590. The number of hydrogen-bond acceptors (Lipinski definition) is 13. The van der Waals surface area contributed by atoms with E-state index in [2.05, 4.69) is 38.9 Å². The van der Waals surface area contributed by atoms with Gasteiger partial charge in [0.25, 0.3) is 0 Å². The van der Waals surface area contributed by atoms with Crippen molar-refractivity contribution >= 4 is 5.97 Å². The Hall–Kier alpha value is -2.49. The van der Waals surface area contributed by atoms with Crippen LogP contribution in [0.2, 0.25) is 0 Å². The van der Waals surface area contributed by atoms with E-state index in [0.29, 0.717) is 41.9 Å². The standard InChI is InChI=1S/C45H68N2O11/c1-25(22-47-46)7-6-8-26(2)39-37(20-33-31-14-11-28-19-29(48)15-17-44(28,3)32(31)16-18-45(33,39)4)56-38-21-36(34(49)23-54-38)57-43-41(40(51)35(50)24-55-43)58-42(52)27-9-12-30(53-5)13-10-27/h9-13,25-26,29,31-41,43,46,48-51H,6-8,14-24H2,1-5H3/t25?,26?,29?,31?,32?,33?,34?,35-,36?,37?,38?,39?,40?,41-,43?,44?,45?/m1/s1. The zero-order valence-corrected chi connectivity index (χ0v) is 35.0. The van der Waals surface area contributed by atoms with Crippen LogP contribution in [0, 0.1) is 51.9 Å². The van der Waals surface area contributed by atoms with Gasteiger partial charge in [-0.3, -0.25) is 0 Å². The first-order valence-corrected chi connectivity index (χ1v) is 21.9. The molecule has 2 saturated heterocycles. The predicted molar refractivity (Wildman–Crippen MR) is 213 cm³/mol. The molecule has 0 amide bonds. The number of aliphatic hydroxyl groups is 4. The Balaban J connectivity index is 1.07. The number of methoxy groups -OCH3 is 1. The van der Waals surface area contributed by atoms with Crippen molar-refractivity contribution in [3.63, 3.8) is 0 Å². The average molecular weight is 813 g/mol. The molecule has 2 aliphatic heterocycles. The minimum absolute atomic E-state index is 0.0292. The van der Waals surface area contributed by atoms with Crippen LogP contribution in [0.25, 0.3) is 0 Å². The van der Waals surface area contributed by atoms with Gasteiger partial charge in [-0.25, -0.2) is 10.3 Å². The van der Waals surface area contributed by atoms with Crippen LogP contribution in [0.4, 0.5) is 0 Å². The SMILES string of the molecule is COc1ccc(C(=O)O[C@H]2C(OC3CC(OC4CC5C6CC=C7CC(O)CCC7(C)C6CCC5(C)C4C(C)CCCC(C)CN=N)OCC3O)OC[C@@H](O)C2O)cc1. The second-order valence-corrected chi connectivity index (χ2v) is 19.1. The highest BCUT2D eigenvalue weighted by molar-refractivity contribution is 5.89. The molecule has 7 rings (SSSR count). The van der Waals surface area contributed by atoms with E-state index in [4.69, 9.17) is 34.0 Å². The van der Waals surface area contributed by atoms with Crippen molar-refractivity contribution in [1.29, 1.82) is 5.53 Å². The van der Waals surface area contributed by atoms with E-state index in [9.17, 15) is 25.2 Å². The molecule has 1 aromatic rings. The van der Waals surface area contributed by atoms with E-state index in [1.165, 1.54) is 19.1 Å². The van der Waals surface area contributed by atoms with E-state index >= 15 is 0 Å². The first-order valence-electron chi connectivity index (χ1n) is 21.9. The van der Waals surface area contributed by atoms with E-state index in [1.807, 2.05) is 0 Å². The van der Waals surface area contributed by atoms with Gasteiger partial charge in [0.1, 0.15) is 24.1 Å². The molecule has 17 atom stereocenters. The number of ether oxygens (including phenoxy) is 6. The summed E-state index contributed by atoms with van der Waals surface area (Å²) in [7, 11) is 1.53. The van der Waals surface area contributed by atoms with Crippen molar-refractivity contribution in [2.75, 3.05) is 26.9 Å². The third-order valence-corrected chi connectivity index (χ3v) is 15.5. The lowest BCUT2D eigenvalue weighted by atomic mass is 9.47. The Morgan fingerprint density at radius 1 is 0.948 bits per heavy atom. The van der Waals surface area contributed by atoms with Crippen LogP contribution < -0.4 is 4.74 Å². The molecule has 324 valence electrons. The van der Waals surface area contributed by atoms with Crippen LogP contribution in [-0.2, 0) is 23.7 Å². The van der Waals surface area contributed by atoms with Crippen LogP contribution >= 0.6 is 0 Å². The lowest BCUT2D eigenvalue weighted by Gasteiger charge is -2.58. The van der Waals surface area contributed by atoms with Crippen LogP contribution in [0.3, 0.4) is 0 Å². The summed E-state index contributed by atoms with van der Waals surface area (Å²) in [5.41, 5.74) is 9.20. The monoisotopic (exact) mass is 812 g/mol. The number of nitrogens with zero attached hydrogens (tertiary/aromatic N) is 1. The number of esters is 1. The summed E-state index contributed by atoms with van der Waals surface area (Å²) in [6.45, 7) is 9.81. The van der Waals surface area contributed by atoms with Gasteiger partial charge in [-0.05, 0) is 122 Å². The van der Waals surface area contributed by atoms with E-state index < -0.39 is 49.1 Å². The minimum Gasteiger partial charge on any atom is -0.497 e. The Morgan fingerprint density at radius 3 is 2.45 bits per heavy atom. The van der Waals surface area contributed by atoms with Gasteiger partial charge in [-0.1, -0.05) is 52.2 Å². The highest BCUT2D eigenvalue weighted by Crippen LogP contribution is 2.68. The van der Waals surface area contributed by atoms with Crippen molar-refractivity contribution < 1.29 is 53.6 Å². The molecule has 0 spiro atoms. The first kappa shape index (κ1) is 43.6. The Kier molecular flexibility index (Phi) is 13.7. The summed E-state index contributed by atoms with van der Waals surface area (Å²) < 4.78 is 36.3.